The molecule has 3 atom stereocenters. The van der Waals surface area contributed by atoms with Crippen LogP contribution in [0.25, 0.3) is 0 Å². The first-order chi connectivity index (χ1) is 12.5. The van der Waals surface area contributed by atoms with Gasteiger partial charge in [-0.2, -0.15) is 5.10 Å². The van der Waals surface area contributed by atoms with E-state index >= 15 is 0 Å². The molecule has 1 fully saturated rings. The van der Waals surface area contributed by atoms with Crippen molar-refractivity contribution < 1.29 is 5.11 Å². The maximum atomic E-state index is 10.4. The van der Waals surface area contributed by atoms with Gasteiger partial charge >= 0.3 is 0 Å². The lowest BCUT2D eigenvalue weighted by atomic mass is 9.73. The van der Waals surface area contributed by atoms with E-state index in [1.165, 1.54) is 6.42 Å². The normalized spacial score (nSPS) is 29.3. The maximum Gasteiger partial charge on any atom is 0.191 e. The van der Waals surface area contributed by atoms with Crippen LogP contribution in [0, 0.1) is 5.41 Å². The summed E-state index contributed by atoms with van der Waals surface area (Å²) in [6, 6.07) is 0.302. The summed E-state index contributed by atoms with van der Waals surface area (Å²) in [4.78, 5) is 9.40. The van der Waals surface area contributed by atoms with Crippen LogP contribution in [0.4, 0.5) is 0 Å². The second-order valence-electron chi connectivity index (χ2n) is 7.97. The molecule has 146 valence electrons. The van der Waals surface area contributed by atoms with Crippen LogP contribution in [0.1, 0.15) is 64.5 Å². The third kappa shape index (κ3) is 4.37. The fourth-order valence-corrected chi connectivity index (χ4v) is 3.97. The van der Waals surface area contributed by atoms with E-state index in [0.717, 1.165) is 69.2 Å². The molecule has 3 N–H and O–H groups in total. The highest BCUT2D eigenvalue weighted by Gasteiger charge is 2.35. The van der Waals surface area contributed by atoms with Crippen LogP contribution < -0.4 is 10.6 Å². The first-order valence-electron chi connectivity index (χ1n) is 10.2. The van der Waals surface area contributed by atoms with Gasteiger partial charge < -0.3 is 15.7 Å². The first kappa shape index (κ1) is 19.1. The second-order valence-corrected chi connectivity index (χ2v) is 7.97. The minimum Gasteiger partial charge on any atom is -0.392 e. The highest BCUT2D eigenvalue weighted by atomic mass is 16.3. The lowest BCUT2D eigenvalue weighted by Crippen LogP contribution is -2.48. The van der Waals surface area contributed by atoms with Crippen molar-refractivity contribution in [3.8, 4) is 0 Å². The van der Waals surface area contributed by atoms with Crippen molar-refractivity contribution in [3.05, 3.63) is 11.6 Å². The monoisotopic (exact) mass is 362 g/mol. The zero-order chi connectivity index (χ0) is 18.6. The molecule has 0 aromatic carbocycles. The number of aliphatic hydroxyl groups excluding tert-OH is 1. The van der Waals surface area contributed by atoms with Gasteiger partial charge in [0.25, 0.3) is 0 Å². The third-order valence-electron chi connectivity index (χ3n) is 5.78. The molecule has 1 aliphatic carbocycles. The smallest absolute Gasteiger partial charge is 0.191 e. The Kier molecular flexibility index (Phi) is 6.16. The molecule has 3 rings (SSSR count). The fraction of sp³-hybridized carbons (Fsp3) is 0.842. The van der Waals surface area contributed by atoms with E-state index < -0.39 is 0 Å². The number of hydrogen-bond donors (Lipinski definition) is 3. The van der Waals surface area contributed by atoms with Gasteiger partial charge in [-0.05, 0) is 26.2 Å². The van der Waals surface area contributed by atoms with E-state index in [4.69, 9.17) is 4.99 Å². The highest BCUT2D eigenvalue weighted by Crippen LogP contribution is 2.36. The Labute approximate surface area is 156 Å². The van der Waals surface area contributed by atoms with E-state index in [1.54, 1.807) is 0 Å². The number of nitrogens with zero attached hydrogens (tertiary/aromatic N) is 4. The Bertz CT molecular complexity index is 628. The number of hydrogen-bond acceptors (Lipinski definition) is 4. The Hall–Kier alpha value is -1.63. The van der Waals surface area contributed by atoms with Gasteiger partial charge in [0.05, 0.1) is 19.2 Å². The van der Waals surface area contributed by atoms with Gasteiger partial charge in [0, 0.05) is 30.8 Å². The van der Waals surface area contributed by atoms with Gasteiger partial charge in [0.15, 0.2) is 11.8 Å². The van der Waals surface area contributed by atoms with Crippen LogP contribution in [0.3, 0.4) is 0 Å². The average Bonchev–Trinajstić information content (AvgIpc) is 3.05. The highest BCUT2D eigenvalue weighted by molar-refractivity contribution is 5.80. The molecule has 2 heterocycles. The predicted octanol–water partition coefficient (Wildman–Crippen LogP) is 1.65. The SMILES string of the molecule is CCNC(=NCC1(C)CCCCC1O)NC1CCc2nc(CC)nn2C1. The number of aliphatic imine (C=N–C) groups is 1. The maximum absolute atomic E-state index is 10.4. The minimum absolute atomic E-state index is 0.109. The van der Waals surface area contributed by atoms with Crippen LogP contribution in [0.5, 0.6) is 0 Å². The molecule has 1 aromatic heterocycles. The van der Waals surface area contributed by atoms with Crippen molar-refractivity contribution in [2.75, 3.05) is 13.1 Å². The number of fused-ring (bicyclic) bond motifs is 1. The zero-order valence-electron chi connectivity index (χ0n) is 16.5. The van der Waals surface area contributed by atoms with Crippen LogP contribution in [-0.2, 0) is 19.4 Å². The second kappa shape index (κ2) is 8.37. The van der Waals surface area contributed by atoms with Crippen LogP contribution in [-0.4, -0.2) is 51.1 Å². The molecule has 2 aliphatic rings. The summed E-state index contributed by atoms with van der Waals surface area (Å²) >= 11 is 0. The molecular weight excluding hydrogens is 328 g/mol. The lowest BCUT2D eigenvalue weighted by Gasteiger charge is -2.37. The minimum atomic E-state index is -0.247. The van der Waals surface area contributed by atoms with E-state index in [2.05, 4.69) is 41.5 Å². The third-order valence-corrected chi connectivity index (χ3v) is 5.78. The molecule has 1 aromatic rings. The molecule has 0 radical (unpaired) electrons. The van der Waals surface area contributed by atoms with Crippen molar-refractivity contribution in [1.82, 2.24) is 25.4 Å². The standard InChI is InChI=1S/C19H34N6O/c1-4-16-23-17-10-9-14(12-25(17)24-16)22-18(20-5-2)21-13-19(3)11-7-6-8-15(19)26/h14-15,26H,4-13H2,1-3H3,(H2,20,21,22). The van der Waals surface area contributed by atoms with E-state index in [1.807, 2.05) is 4.68 Å². The van der Waals surface area contributed by atoms with Crippen molar-refractivity contribution >= 4 is 5.96 Å². The molecule has 0 saturated heterocycles. The summed E-state index contributed by atoms with van der Waals surface area (Å²) in [6.45, 7) is 8.65. The Morgan fingerprint density at radius 3 is 2.92 bits per heavy atom. The molecular formula is C19H34N6O. The van der Waals surface area contributed by atoms with Gasteiger partial charge in [-0.15, -0.1) is 0 Å². The quantitative estimate of drug-likeness (QED) is 0.548. The summed E-state index contributed by atoms with van der Waals surface area (Å²) in [5, 5.41) is 21.9. The number of aliphatic hydroxyl groups is 1. The zero-order valence-corrected chi connectivity index (χ0v) is 16.5. The molecule has 7 heteroatoms. The van der Waals surface area contributed by atoms with Gasteiger partial charge in [-0.1, -0.05) is 26.7 Å². The summed E-state index contributed by atoms with van der Waals surface area (Å²) < 4.78 is 2.04. The molecule has 26 heavy (non-hydrogen) atoms. The predicted molar refractivity (Wildman–Crippen MR) is 103 cm³/mol. The Morgan fingerprint density at radius 1 is 1.35 bits per heavy atom. The van der Waals surface area contributed by atoms with Crippen LogP contribution >= 0.6 is 0 Å². The largest absolute Gasteiger partial charge is 0.392 e. The fourth-order valence-electron chi connectivity index (χ4n) is 3.97. The van der Waals surface area contributed by atoms with Gasteiger partial charge in [-0.3, -0.25) is 4.99 Å². The van der Waals surface area contributed by atoms with Crippen molar-refractivity contribution in [2.45, 2.75) is 84.4 Å². The molecule has 1 aliphatic heterocycles. The molecule has 7 nitrogen and oxygen atoms in total. The van der Waals surface area contributed by atoms with Gasteiger partial charge in [-0.25, -0.2) is 9.67 Å². The summed E-state index contributed by atoms with van der Waals surface area (Å²) in [7, 11) is 0. The Morgan fingerprint density at radius 2 is 2.19 bits per heavy atom. The summed E-state index contributed by atoms with van der Waals surface area (Å²) in [6.07, 6.45) is 6.86. The lowest BCUT2D eigenvalue weighted by molar-refractivity contribution is 0.00715. The van der Waals surface area contributed by atoms with Crippen molar-refractivity contribution in [2.24, 2.45) is 10.4 Å². The van der Waals surface area contributed by atoms with Crippen LogP contribution in [0.15, 0.2) is 4.99 Å². The number of guanidine groups is 1. The van der Waals surface area contributed by atoms with Crippen LogP contribution in [0.2, 0.25) is 0 Å². The van der Waals surface area contributed by atoms with E-state index in [0.29, 0.717) is 12.6 Å². The number of aromatic nitrogens is 3. The summed E-state index contributed by atoms with van der Waals surface area (Å²) in [5.41, 5.74) is -0.109. The molecule has 1 saturated carbocycles. The first-order valence-corrected chi connectivity index (χ1v) is 10.2. The number of aryl methyl sites for hydroxylation is 2. The molecule has 0 amide bonds. The van der Waals surface area contributed by atoms with E-state index in [-0.39, 0.29) is 11.5 Å². The van der Waals surface area contributed by atoms with E-state index in [9.17, 15) is 5.11 Å². The molecule has 0 spiro atoms. The van der Waals surface area contributed by atoms with Crippen molar-refractivity contribution in [1.29, 1.82) is 0 Å². The number of rotatable bonds is 5. The molecule has 0 bridgehead atoms. The average molecular weight is 363 g/mol. The summed E-state index contributed by atoms with van der Waals surface area (Å²) in [5.74, 6) is 2.87. The van der Waals surface area contributed by atoms with Gasteiger partial charge in [0.2, 0.25) is 0 Å². The van der Waals surface area contributed by atoms with Gasteiger partial charge in [0.1, 0.15) is 5.82 Å². The number of nitrogens with one attached hydrogen (secondary N) is 2. The molecule has 3 unspecified atom stereocenters. The Balaban J connectivity index is 1.63. The van der Waals surface area contributed by atoms with Crippen molar-refractivity contribution in [3.63, 3.8) is 0 Å². The topological polar surface area (TPSA) is 87.4 Å².